The van der Waals surface area contributed by atoms with Crippen LogP contribution in [0.5, 0.6) is 0 Å². The van der Waals surface area contributed by atoms with Gasteiger partial charge in [-0.1, -0.05) is 25.1 Å². The van der Waals surface area contributed by atoms with Gasteiger partial charge in [-0.05, 0) is 12.7 Å². The number of hydrogen-bond donors (Lipinski definition) is 1. The summed E-state index contributed by atoms with van der Waals surface area (Å²) in [6.07, 6.45) is 4.43. The van der Waals surface area contributed by atoms with E-state index in [0.29, 0.717) is 0 Å². The van der Waals surface area contributed by atoms with Crippen molar-refractivity contribution in [1.82, 2.24) is 5.32 Å². The summed E-state index contributed by atoms with van der Waals surface area (Å²) in [5, 5.41) is 4.06. The van der Waals surface area contributed by atoms with Gasteiger partial charge in [-0.3, -0.25) is 4.99 Å². The predicted molar refractivity (Wildman–Crippen MR) is 49.8 cm³/mol. The summed E-state index contributed by atoms with van der Waals surface area (Å²) in [7, 11) is 1.90. The molecule has 0 amide bonds. The molecule has 0 unspecified atom stereocenters. The molecular formula is C7H16N2S. The van der Waals surface area contributed by atoms with E-state index in [1.54, 1.807) is 11.8 Å². The van der Waals surface area contributed by atoms with Crippen LogP contribution in [0.25, 0.3) is 0 Å². The van der Waals surface area contributed by atoms with E-state index in [4.69, 9.17) is 0 Å². The molecule has 0 fully saturated rings. The Kier molecular flexibility index (Phi) is 6.81. The summed E-state index contributed by atoms with van der Waals surface area (Å²) < 4.78 is 0. The van der Waals surface area contributed by atoms with Crippen LogP contribution in [0.1, 0.15) is 19.8 Å². The second kappa shape index (κ2) is 6.93. The van der Waals surface area contributed by atoms with Crippen molar-refractivity contribution in [2.24, 2.45) is 4.99 Å². The van der Waals surface area contributed by atoms with Crippen molar-refractivity contribution in [2.75, 3.05) is 19.8 Å². The summed E-state index contributed by atoms with van der Waals surface area (Å²) in [4.78, 5) is 4.32. The van der Waals surface area contributed by atoms with E-state index < -0.39 is 0 Å². The molecule has 0 bridgehead atoms. The van der Waals surface area contributed by atoms with Crippen LogP contribution in [0.4, 0.5) is 0 Å². The Morgan fingerprint density at radius 2 is 2.30 bits per heavy atom. The zero-order chi connectivity index (χ0) is 7.82. The molecular weight excluding hydrogens is 144 g/mol. The van der Waals surface area contributed by atoms with E-state index in [9.17, 15) is 0 Å². The normalized spacial score (nSPS) is 11.7. The number of aliphatic imine (C=N–C) groups is 1. The molecule has 0 radical (unpaired) electrons. The van der Waals surface area contributed by atoms with Gasteiger partial charge >= 0.3 is 0 Å². The Morgan fingerprint density at radius 1 is 1.60 bits per heavy atom. The van der Waals surface area contributed by atoms with Gasteiger partial charge in [0.1, 0.15) is 0 Å². The van der Waals surface area contributed by atoms with Crippen molar-refractivity contribution >= 4 is 16.9 Å². The fourth-order valence-electron chi connectivity index (χ4n) is 0.584. The molecule has 10 heavy (non-hydrogen) atoms. The first-order chi connectivity index (χ1) is 4.85. The molecule has 0 saturated heterocycles. The van der Waals surface area contributed by atoms with Gasteiger partial charge in [-0.25, -0.2) is 0 Å². The molecule has 0 spiro atoms. The molecule has 1 N–H and O–H groups in total. The Morgan fingerprint density at radius 3 is 2.70 bits per heavy atom. The highest BCUT2D eigenvalue weighted by atomic mass is 32.2. The average molecular weight is 160 g/mol. The molecule has 0 aliphatic carbocycles. The van der Waals surface area contributed by atoms with Crippen LogP contribution in [-0.2, 0) is 0 Å². The van der Waals surface area contributed by atoms with Crippen molar-refractivity contribution in [2.45, 2.75) is 19.8 Å². The van der Waals surface area contributed by atoms with Gasteiger partial charge in [0, 0.05) is 13.6 Å². The molecule has 0 aromatic carbocycles. The van der Waals surface area contributed by atoms with Crippen molar-refractivity contribution in [3.63, 3.8) is 0 Å². The largest absolute Gasteiger partial charge is 0.368 e. The van der Waals surface area contributed by atoms with Crippen molar-refractivity contribution in [1.29, 1.82) is 0 Å². The lowest BCUT2D eigenvalue weighted by Gasteiger charge is -1.99. The van der Waals surface area contributed by atoms with Crippen molar-refractivity contribution < 1.29 is 0 Å². The lowest BCUT2D eigenvalue weighted by molar-refractivity contribution is 0.806. The minimum atomic E-state index is 0.952. The van der Waals surface area contributed by atoms with Gasteiger partial charge in [0.2, 0.25) is 0 Å². The molecule has 0 saturated carbocycles. The third kappa shape index (κ3) is 4.68. The summed E-state index contributed by atoms with van der Waals surface area (Å²) in [6, 6.07) is 0. The van der Waals surface area contributed by atoms with Gasteiger partial charge in [0.05, 0.1) is 0 Å². The fraction of sp³-hybridized carbons (Fsp3) is 0.857. The molecule has 0 heterocycles. The Balaban J connectivity index is 3.43. The topological polar surface area (TPSA) is 24.4 Å². The molecule has 60 valence electrons. The maximum atomic E-state index is 4.32. The fourth-order valence-corrected chi connectivity index (χ4v) is 1.01. The number of nitrogens with zero attached hydrogens (tertiary/aromatic N) is 1. The number of hydrogen-bond acceptors (Lipinski definition) is 2. The molecule has 0 aliphatic rings. The standard InChI is InChI=1S/C7H16N2S/c1-4-5-6-9-7(8-2)10-3/h4-6H2,1-3H3,(H,8,9). The second-order valence-electron chi connectivity index (χ2n) is 1.99. The highest BCUT2D eigenvalue weighted by Crippen LogP contribution is 1.95. The lowest BCUT2D eigenvalue weighted by atomic mass is 10.3. The Labute approximate surface area is 67.5 Å². The number of unbranched alkanes of at least 4 members (excludes halogenated alkanes) is 1. The van der Waals surface area contributed by atoms with Crippen molar-refractivity contribution in [3.05, 3.63) is 0 Å². The third-order valence-corrected chi connectivity index (χ3v) is 1.89. The average Bonchev–Trinajstić information content (AvgIpc) is 1.99. The first-order valence-corrected chi connectivity index (χ1v) is 4.83. The van der Waals surface area contributed by atoms with Gasteiger partial charge < -0.3 is 5.32 Å². The van der Waals surface area contributed by atoms with Gasteiger partial charge in [-0.15, -0.1) is 0 Å². The number of rotatable bonds is 3. The summed E-state index contributed by atoms with van der Waals surface area (Å²) >= 11 is 1.66. The molecule has 3 heteroatoms. The Bertz CT molecular complexity index is 95.8. The van der Waals surface area contributed by atoms with Crippen LogP contribution in [0.15, 0.2) is 4.99 Å². The second-order valence-corrected chi connectivity index (χ2v) is 2.79. The summed E-state index contributed by atoms with van der Waals surface area (Å²) in [6.45, 7) is 3.13. The van der Waals surface area contributed by atoms with Crippen LogP contribution in [-0.4, -0.2) is 25.0 Å². The maximum absolute atomic E-state index is 4.32. The number of thioether (sulfide) groups is 1. The predicted octanol–water partition coefficient (Wildman–Crippen LogP) is 1.72. The molecule has 0 atom stereocenters. The van der Waals surface area contributed by atoms with Crippen LogP contribution in [0.3, 0.4) is 0 Å². The summed E-state index contributed by atoms with van der Waals surface area (Å²) in [5.74, 6) is 0. The highest BCUT2D eigenvalue weighted by molar-refractivity contribution is 8.13. The smallest absolute Gasteiger partial charge is 0.156 e. The van der Waals surface area contributed by atoms with Gasteiger partial charge in [-0.2, -0.15) is 0 Å². The lowest BCUT2D eigenvalue weighted by Crippen LogP contribution is -2.13. The van der Waals surface area contributed by atoms with Crippen molar-refractivity contribution in [3.8, 4) is 0 Å². The first kappa shape index (κ1) is 9.82. The SMILES string of the molecule is CCCC/N=C(\NC)SC. The van der Waals surface area contributed by atoms with E-state index in [-0.39, 0.29) is 0 Å². The minimum absolute atomic E-state index is 0.952. The monoisotopic (exact) mass is 160 g/mol. The molecule has 0 rings (SSSR count). The van der Waals surface area contributed by atoms with Gasteiger partial charge in [0.15, 0.2) is 5.17 Å². The van der Waals surface area contributed by atoms with E-state index in [2.05, 4.69) is 17.2 Å². The summed E-state index contributed by atoms with van der Waals surface area (Å²) in [5.41, 5.74) is 0. The van der Waals surface area contributed by atoms with E-state index in [0.717, 1.165) is 11.7 Å². The van der Waals surface area contributed by atoms with Crippen LogP contribution in [0.2, 0.25) is 0 Å². The van der Waals surface area contributed by atoms with Crippen LogP contribution >= 0.6 is 11.8 Å². The van der Waals surface area contributed by atoms with Crippen LogP contribution in [0, 0.1) is 0 Å². The zero-order valence-corrected chi connectivity index (χ0v) is 7.79. The zero-order valence-electron chi connectivity index (χ0n) is 6.98. The molecule has 0 aromatic heterocycles. The number of amidine groups is 1. The molecule has 0 aromatic rings. The van der Waals surface area contributed by atoms with Crippen LogP contribution < -0.4 is 5.32 Å². The highest BCUT2D eigenvalue weighted by Gasteiger charge is 1.88. The van der Waals surface area contributed by atoms with E-state index in [1.165, 1.54) is 12.8 Å². The van der Waals surface area contributed by atoms with E-state index >= 15 is 0 Å². The molecule has 2 nitrogen and oxygen atoms in total. The number of nitrogens with one attached hydrogen (secondary N) is 1. The van der Waals surface area contributed by atoms with Gasteiger partial charge in [0.25, 0.3) is 0 Å². The Hall–Kier alpha value is -0.180. The maximum Gasteiger partial charge on any atom is 0.156 e. The quantitative estimate of drug-likeness (QED) is 0.386. The molecule has 0 aliphatic heterocycles. The first-order valence-electron chi connectivity index (χ1n) is 3.61. The van der Waals surface area contributed by atoms with E-state index in [1.807, 2.05) is 13.3 Å². The minimum Gasteiger partial charge on any atom is -0.368 e. The third-order valence-electron chi connectivity index (χ3n) is 1.17.